The highest BCUT2D eigenvalue weighted by molar-refractivity contribution is 7.94. The van der Waals surface area contributed by atoms with Crippen LogP contribution < -0.4 is 14.9 Å². The lowest BCUT2D eigenvalue weighted by Gasteiger charge is -2.28. The third kappa shape index (κ3) is 3.67. The number of benzene rings is 2. The number of carbonyl (C=O) groups is 2. The first-order chi connectivity index (χ1) is 13.9. The molecule has 0 spiro atoms. The summed E-state index contributed by atoms with van der Waals surface area (Å²) < 4.78 is 26.7. The van der Waals surface area contributed by atoms with Crippen molar-refractivity contribution in [2.24, 2.45) is 0 Å². The Balaban J connectivity index is 1.62. The molecule has 0 bridgehead atoms. The van der Waals surface area contributed by atoms with E-state index in [2.05, 4.69) is 20.8 Å². The quantitative estimate of drug-likeness (QED) is 0.590. The topological polar surface area (TPSA) is 121 Å². The number of para-hydroxylation sites is 2. The van der Waals surface area contributed by atoms with Crippen molar-refractivity contribution >= 4 is 61.3 Å². The number of anilines is 3. The van der Waals surface area contributed by atoms with Crippen LogP contribution in [0, 0.1) is 0 Å². The number of fused-ring (bicyclic) bond motifs is 1. The molecule has 1 aromatic heterocycles. The third-order valence-electron chi connectivity index (χ3n) is 3.99. The van der Waals surface area contributed by atoms with Crippen LogP contribution >= 0.6 is 22.9 Å². The molecule has 29 heavy (non-hydrogen) atoms. The fourth-order valence-corrected chi connectivity index (χ4v) is 5.35. The number of halogens is 1. The van der Waals surface area contributed by atoms with Crippen LogP contribution in [0.15, 0.2) is 52.9 Å². The summed E-state index contributed by atoms with van der Waals surface area (Å²) in [6.45, 7) is -0.389. The van der Waals surface area contributed by atoms with Gasteiger partial charge in [0.25, 0.3) is 20.3 Å². The predicted molar refractivity (Wildman–Crippen MR) is 109 cm³/mol. The minimum Gasteiger partial charge on any atom is -0.323 e. The average Bonchev–Trinajstić information content (AvgIpc) is 3.17. The van der Waals surface area contributed by atoms with Crippen molar-refractivity contribution in [2.45, 2.75) is 4.34 Å². The number of hydrogen-bond donors (Lipinski definition) is 2. The molecule has 1 aliphatic heterocycles. The summed E-state index contributed by atoms with van der Waals surface area (Å²) in [6.07, 6.45) is 0. The third-order valence-corrected chi connectivity index (χ3v) is 7.26. The fraction of sp³-hybridized carbons (Fsp3) is 0.0588. The zero-order valence-corrected chi connectivity index (χ0v) is 16.9. The zero-order chi connectivity index (χ0) is 20.6. The highest BCUT2D eigenvalue weighted by Gasteiger charge is 2.35. The smallest absolute Gasteiger partial charge is 0.294 e. The molecule has 12 heteroatoms. The van der Waals surface area contributed by atoms with Crippen molar-refractivity contribution in [3.63, 3.8) is 0 Å². The van der Waals surface area contributed by atoms with Crippen LogP contribution in [0.2, 0.25) is 5.02 Å². The number of carbonyl (C=O) groups excluding carboxylic acids is 2. The van der Waals surface area contributed by atoms with E-state index in [0.29, 0.717) is 22.7 Å². The molecule has 9 nitrogen and oxygen atoms in total. The summed E-state index contributed by atoms with van der Waals surface area (Å²) in [7, 11) is -4.16. The number of sulfonamides is 1. The van der Waals surface area contributed by atoms with Gasteiger partial charge < -0.3 is 5.32 Å². The molecule has 148 valence electrons. The van der Waals surface area contributed by atoms with E-state index in [1.165, 1.54) is 6.07 Å². The standard InChI is InChI=1S/C17H12ClN5O4S2/c18-11-6-2-1-5-10(11)15(25)20-16-21-22-17(28-16)29(26,27)23-9-14(24)19-12-7-3-4-8-13(12)23/h1-8H,9H2,(H,19,24)(H,20,21,25). The monoisotopic (exact) mass is 449 g/mol. The highest BCUT2D eigenvalue weighted by atomic mass is 35.5. The van der Waals surface area contributed by atoms with Gasteiger partial charge in [-0.2, -0.15) is 8.42 Å². The minimum absolute atomic E-state index is 0.0109. The van der Waals surface area contributed by atoms with E-state index in [-0.39, 0.29) is 26.6 Å². The van der Waals surface area contributed by atoms with Gasteiger partial charge in [0.2, 0.25) is 11.0 Å². The molecule has 0 unspecified atom stereocenters. The number of amides is 2. The Bertz CT molecular complexity index is 1230. The molecule has 0 radical (unpaired) electrons. The molecule has 0 saturated heterocycles. The van der Waals surface area contributed by atoms with Gasteiger partial charge in [0.15, 0.2) is 0 Å². The highest BCUT2D eigenvalue weighted by Crippen LogP contribution is 2.34. The Kier molecular flexibility index (Phi) is 4.94. The summed E-state index contributed by atoms with van der Waals surface area (Å²) in [5.41, 5.74) is 0.920. The lowest BCUT2D eigenvalue weighted by Crippen LogP contribution is -2.42. The summed E-state index contributed by atoms with van der Waals surface area (Å²) >= 11 is 6.67. The van der Waals surface area contributed by atoms with E-state index in [1.807, 2.05) is 0 Å². The maximum Gasteiger partial charge on any atom is 0.294 e. The normalized spacial score (nSPS) is 13.6. The maximum atomic E-state index is 13.0. The molecule has 0 atom stereocenters. The van der Waals surface area contributed by atoms with E-state index in [0.717, 1.165) is 4.31 Å². The Labute approximate surface area is 174 Å². The second-order valence-corrected chi connectivity index (χ2v) is 9.30. The molecule has 4 rings (SSSR count). The van der Waals surface area contributed by atoms with Gasteiger partial charge in [0.05, 0.1) is 22.0 Å². The van der Waals surface area contributed by atoms with Crippen molar-refractivity contribution < 1.29 is 18.0 Å². The molecule has 2 heterocycles. The van der Waals surface area contributed by atoms with Crippen LogP contribution in [-0.2, 0) is 14.8 Å². The Morgan fingerprint density at radius 3 is 2.66 bits per heavy atom. The molecule has 0 saturated carbocycles. The van der Waals surface area contributed by atoms with E-state index in [4.69, 9.17) is 11.6 Å². The number of rotatable bonds is 4. The molecule has 3 aromatic rings. The van der Waals surface area contributed by atoms with E-state index >= 15 is 0 Å². The van der Waals surface area contributed by atoms with Crippen LogP contribution in [0.1, 0.15) is 10.4 Å². The van der Waals surface area contributed by atoms with Gasteiger partial charge in [0, 0.05) is 0 Å². The SMILES string of the molecule is O=C1CN(S(=O)(=O)c2nnc(NC(=O)c3ccccc3Cl)s2)c2ccccc2N1. The first-order valence-corrected chi connectivity index (χ1v) is 10.8. The zero-order valence-electron chi connectivity index (χ0n) is 14.5. The summed E-state index contributed by atoms with van der Waals surface area (Å²) in [5, 5.41) is 12.8. The largest absolute Gasteiger partial charge is 0.323 e. The van der Waals surface area contributed by atoms with E-state index in [9.17, 15) is 18.0 Å². The van der Waals surface area contributed by atoms with Crippen molar-refractivity contribution in [3.8, 4) is 0 Å². The molecule has 2 amide bonds. The fourth-order valence-electron chi connectivity index (χ4n) is 2.69. The number of nitrogens with one attached hydrogen (secondary N) is 2. The van der Waals surface area contributed by atoms with Gasteiger partial charge >= 0.3 is 0 Å². The van der Waals surface area contributed by atoms with Gasteiger partial charge in [-0.05, 0) is 24.3 Å². The van der Waals surface area contributed by atoms with E-state index < -0.39 is 21.8 Å². The number of hydrogen-bond acceptors (Lipinski definition) is 7. The predicted octanol–water partition coefficient (Wildman–Crippen LogP) is 2.59. The van der Waals surface area contributed by atoms with Crippen molar-refractivity contribution in [3.05, 3.63) is 59.1 Å². The minimum atomic E-state index is -4.16. The van der Waals surface area contributed by atoms with Crippen LogP contribution in [0.5, 0.6) is 0 Å². The Hall–Kier alpha value is -3.02. The molecule has 0 aliphatic carbocycles. The summed E-state index contributed by atoms with van der Waals surface area (Å²) in [5.74, 6) is -1.01. The molecular weight excluding hydrogens is 438 g/mol. The average molecular weight is 450 g/mol. The van der Waals surface area contributed by atoms with Crippen LogP contribution in [-0.4, -0.2) is 37.0 Å². The lowest BCUT2D eigenvalue weighted by atomic mass is 10.2. The van der Waals surface area contributed by atoms with Crippen molar-refractivity contribution in [1.29, 1.82) is 0 Å². The molecule has 2 N–H and O–H groups in total. The lowest BCUT2D eigenvalue weighted by molar-refractivity contribution is -0.115. The molecule has 1 aliphatic rings. The number of aromatic nitrogens is 2. The van der Waals surface area contributed by atoms with Crippen molar-refractivity contribution in [2.75, 3.05) is 21.5 Å². The molecule has 2 aromatic carbocycles. The molecular formula is C17H12ClN5O4S2. The first kappa shape index (κ1) is 19.3. The van der Waals surface area contributed by atoms with Gasteiger partial charge in [-0.3, -0.25) is 19.2 Å². The van der Waals surface area contributed by atoms with Crippen LogP contribution in [0.4, 0.5) is 16.5 Å². The van der Waals surface area contributed by atoms with Gasteiger partial charge in [-0.25, -0.2) is 0 Å². The maximum absolute atomic E-state index is 13.0. The van der Waals surface area contributed by atoms with E-state index in [1.54, 1.807) is 42.5 Å². The second kappa shape index (κ2) is 7.43. The summed E-state index contributed by atoms with van der Waals surface area (Å²) in [4.78, 5) is 24.3. The van der Waals surface area contributed by atoms with Gasteiger partial charge in [-0.1, -0.05) is 47.2 Å². The van der Waals surface area contributed by atoms with Crippen LogP contribution in [0.25, 0.3) is 0 Å². The Morgan fingerprint density at radius 2 is 1.86 bits per heavy atom. The number of nitrogens with zero attached hydrogens (tertiary/aromatic N) is 3. The van der Waals surface area contributed by atoms with Crippen LogP contribution in [0.3, 0.4) is 0 Å². The first-order valence-electron chi connectivity index (χ1n) is 8.17. The second-order valence-electron chi connectivity index (χ2n) is 5.88. The summed E-state index contributed by atoms with van der Waals surface area (Å²) in [6, 6.07) is 12.9. The van der Waals surface area contributed by atoms with Gasteiger partial charge in [0.1, 0.15) is 6.54 Å². The van der Waals surface area contributed by atoms with Crippen molar-refractivity contribution in [1.82, 2.24) is 10.2 Å². The van der Waals surface area contributed by atoms with Gasteiger partial charge in [-0.15, -0.1) is 10.2 Å². The molecule has 0 fully saturated rings. The Morgan fingerprint density at radius 1 is 1.14 bits per heavy atom.